The Bertz CT molecular complexity index is 437. The first-order valence-electron chi connectivity index (χ1n) is 5.59. The summed E-state index contributed by atoms with van der Waals surface area (Å²) in [4.78, 5) is 13.7. The fourth-order valence-electron chi connectivity index (χ4n) is 1.97. The molecular formula is C12H15FN2O2. The predicted molar refractivity (Wildman–Crippen MR) is 61.4 cm³/mol. The van der Waals surface area contributed by atoms with Gasteiger partial charge in [-0.05, 0) is 25.1 Å². The normalized spacial score (nSPS) is 20.4. The van der Waals surface area contributed by atoms with E-state index in [9.17, 15) is 14.3 Å². The molecule has 17 heavy (non-hydrogen) atoms. The molecule has 1 saturated heterocycles. The van der Waals surface area contributed by atoms with Crippen molar-refractivity contribution in [1.29, 1.82) is 0 Å². The monoisotopic (exact) mass is 238 g/mol. The van der Waals surface area contributed by atoms with Crippen LogP contribution in [0.25, 0.3) is 0 Å². The molecule has 1 fully saturated rings. The van der Waals surface area contributed by atoms with E-state index in [1.54, 1.807) is 4.90 Å². The molecule has 1 aromatic rings. The number of rotatable bonds is 1. The second-order valence-electron chi connectivity index (χ2n) is 4.27. The molecule has 1 aliphatic rings. The van der Waals surface area contributed by atoms with Crippen molar-refractivity contribution in [1.82, 2.24) is 10.2 Å². The third-order valence-corrected chi connectivity index (χ3v) is 2.84. The quantitative estimate of drug-likeness (QED) is 0.766. The van der Waals surface area contributed by atoms with Crippen molar-refractivity contribution in [3.8, 4) is 5.75 Å². The lowest BCUT2D eigenvalue weighted by Crippen LogP contribution is -2.51. The number of phenolic OH excluding ortho intramolecular Hbond substituents is 1. The van der Waals surface area contributed by atoms with Gasteiger partial charge in [-0.3, -0.25) is 4.79 Å². The van der Waals surface area contributed by atoms with Gasteiger partial charge in [0.05, 0.1) is 5.56 Å². The van der Waals surface area contributed by atoms with Gasteiger partial charge in [0.1, 0.15) is 11.6 Å². The Balaban J connectivity index is 2.21. The summed E-state index contributed by atoms with van der Waals surface area (Å²) < 4.78 is 13.1. The molecule has 0 bridgehead atoms. The van der Waals surface area contributed by atoms with Crippen LogP contribution in [0, 0.1) is 5.82 Å². The molecule has 1 unspecified atom stereocenters. The lowest BCUT2D eigenvalue weighted by atomic mass is 10.1. The van der Waals surface area contributed by atoms with Crippen LogP contribution in [0.3, 0.4) is 0 Å². The number of hydrogen-bond donors (Lipinski definition) is 2. The van der Waals surface area contributed by atoms with E-state index >= 15 is 0 Å². The van der Waals surface area contributed by atoms with Gasteiger partial charge >= 0.3 is 0 Å². The van der Waals surface area contributed by atoms with Crippen LogP contribution < -0.4 is 5.32 Å². The van der Waals surface area contributed by atoms with Crippen LogP contribution >= 0.6 is 0 Å². The minimum Gasteiger partial charge on any atom is -0.507 e. The van der Waals surface area contributed by atoms with Crippen molar-refractivity contribution in [2.45, 2.75) is 13.0 Å². The third kappa shape index (κ3) is 2.55. The summed E-state index contributed by atoms with van der Waals surface area (Å²) in [6, 6.07) is 3.62. The molecule has 1 atom stereocenters. The van der Waals surface area contributed by atoms with Crippen LogP contribution in [0.15, 0.2) is 18.2 Å². The molecule has 0 radical (unpaired) electrons. The van der Waals surface area contributed by atoms with Crippen molar-refractivity contribution in [3.63, 3.8) is 0 Å². The molecule has 5 heteroatoms. The molecule has 0 aliphatic carbocycles. The summed E-state index contributed by atoms with van der Waals surface area (Å²) >= 11 is 0. The summed E-state index contributed by atoms with van der Waals surface area (Å²) in [7, 11) is 0. The van der Waals surface area contributed by atoms with E-state index in [0.29, 0.717) is 19.6 Å². The fourth-order valence-corrected chi connectivity index (χ4v) is 1.97. The van der Waals surface area contributed by atoms with Crippen molar-refractivity contribution in [3.05, 3.63) is 29.6 Å². The standard InChI is InChI=1S/C12H15FN2O2/c1-8-7-15(5-4-14-8)12(17)10-6-9(13)2-3-11(10)16/h2-3,6,8,14,16H,4-5,7H2,1H3. The number of aromatic hydroxyl groups is 1. The average molecular weight is 238 g/mol. The lowest BCUT2D eigenvalue weighted by molar-refractivity contribution is 0.0705. The first-order valence-corrected chi connectivity index (χ1v) is 5.59. The van der Waals surface area contributed by atoms with E-state index in [1.807, 2.05) is 6.92 Å². The van der Waals surface area contributed by atoms with E-state index in [4.69, 9.17) is 0 Å². The van der Waals surface area contributed by atoms with E-state index in [0.717, 1.165) is 12.1 Å². The summed E-state index contributed by atoms with van der Waals surface area (Å²) in [5.41, 5.74) is 0.0269. The summed E-state index contributed by atoms with van der Waals surface area (Å²) in [6.45, 7) is 3.82. The van der Waals surface area contributed by atoms with Gasteiger partial charge in [0.2, 0.25) is 0 Å². The summed E-state index contributed by atoms with van der Waals surface area (Å²) in [6.07, 6.45) is 0. The zero-order valence-corrected chi connectivity index (χ0v) is 9.61. The van der Waals surface area contributed by atoms with E-state index < -0.39 is 5.82 Å². The minimum absolute atomic E-state index is 0.0269. The maximum absolute atomic E-state index is 13.1. The lowest BCUT2D eigenvalue weighted by Gasteiger charge is -2.32. The van der Waals surface area contributed by atoms with Crippen molar-refractivity contribution in [2.24, 2.45) is 0 Å². The van der Waals surface area contributed by atoms with Gasteiger partial charge in [-0.15, -0.1) is 0 Å². The van der Waals surface area contributed by atoms with Crippen molar-refractivity contribution < 1.29 is 14.3 Å². The number of phenols is 1. The molecule has 2 N–H and O–H groups in total. The molecular weight excluding hydrogens is 223 g/mol. The number of benzene rings is 1. The highest BCUT2D eigenvalue weighted by atomic mass is 19.1. The fraction of sp³-hybridized carbons (Fsp3) is 0.417. The summed E-state index contributed by atoms with van der Waals surface area (Å²) in [5.74, 6) is -1.02. The van der Waals surface area contributed by atoms with Crippen LogP contribution in [0.1, 0.15) is 17.3 Å². The number of nitrogens with one attached hydrogen (secondary N) is 1. The molecule has 0 saturated carbocycles. The number of carbonyl (C=O) groups is 1. The van der Waals surface area contributed by atoms with Gasteiger partial charge in [-0.2, -0.15) is 0 Å². The number of piperazine rings is 1. The number of halogens is 1. The first-order chi connectivity index (χ1) is 8.08. The van der Waals surface area contributed by atoms with Gasteiger partial charge in [0.15, 0.2) is 0 Å². The Morgan fingerprint density at radius 3 is 3.06 bits per heavy atom. The van der Waals surface area contributed by atoms with Gasteiger partial charge in [-0.1, -0.05) is 0 Å². The van der Waals surface area contributed by atoms with Gasteiger partial charge in [-0.25, -0.2) is 4.39 Å². The Morgan fingerprint density at radius 1 is 1.59 bits per heavy atom. The SMILES string of the molecule is CC1CN(C(=O)c2cc(F)ccc2O)CCN1. The molecule has 0 aromatic heterocycles. The number of carbonyl (C=O) groups excluding carboxylic acids is 1. The van der Waals surface area contributed by atoms with Crippen LogP contribution in [-0.4, -0.2) is 41.6 Å². The Kier molecular flexibility index (Phi) is 3.28. The molecule has 1 amide bonds. The maximum atomic E-state index is 13.1. The van der Waals surface area contributed by atoms with Crippen LogP contribution in [0.5, 0.6) is 5.75 Å². The smallest absolute Gasteiger partial charge is 0.257 e. The third-order valence-electron chi connectivity index (χ3n) is 2.84. The zero-order chi connectivity index (χ0) is 12.4. The number of hydrogen-bond acceptors (Lipinski definition) is 3. The number of nitrogens with zero attached hydrogens (tertiary/aromatic N) is 1. The van der Waals surface area contributed by atoms with E-state index in [-0.39, 0.29) is 23.3 Å². The van der Waals surface area contributed by atoms with Crippen LogP contribution in [0.2, 0.25) is 0 Å². The van der Waals surface area contributed by atoms with Crippen molar-refractivity contribution in [2.75, 3.05) is 19.6 Å². The molecule has 1 aromatic carbocycles. The maximum Gasteiger partial charge on any atom is 0.257 e. The molecule has 4 nitrogen and oxygen atoms in total. The average Bonchev–Trinajstić information content (AvgIpc) is 2.31. The largest absolute Gasteiger partial charge is 0.507 e. The Hall–Kier alpha value is -1.62. The minimum atomic E-state index is -0.519. The van der Waals surface area contributed by atoms with E-state index in [1.165, 1.54) is 6.07 Å². The second kappa shape index (κ2) is 4.71. The topological polar surface area (TPSA) is 52.6 Å². The van der Waals surface area contributed by atoms with Gasteiger partial charge in [0, 0.05) is 25.7 Å². The highest BCUT2D eigenvalue weighted by molar-refractivity contribution is 5.96. The molecule has 2 rings (SSSR count). The highest BCUT2D eigenvalue weighted by Gasteiger charge is 2.23. The molecule has 1 heterocycles. The van der Waals surface area contributed by atoms with Gasteiger partial charge in [0.25, 0.3) is 5.91 Å². The predicted octanol–water partition coefficient (Wildman–Crippen LogP) is 0.965. The van der Waals surface area contributed by atoms with Crippen LogP contribution in [0.4, 0.5) is 4.39 Å². The number of amides is 1. The molecule has 92 valence electrons. The van der Waals surface area contributed by atoms with E-state index in [2.05, 4.69) is 5.32 Å². The summed E-state index contributed by atoms with van der Waals surface area (Å²) in [5, 5.41) is 12.8. The Labute approximate surface area is 99.0 Å². The zero-order valence-electron chi connectivity index (χ0n) is 9.61. The van der Waals surface area contributed by atoms with Crippen molar-refractivity contribution >= 4 is 5.91 Å². The highest BCUT2D eigenvalue weighted by Crippen LogP contribution is 2.20. The second-order valence-corrected chi connectivity index (χ2v) is 4.27. The van der Waals surface area contributed by atoms with Gasteiger partial charge < -0.3 is 15.3 Å². The first kappa shape index (κ1) is 11.9. The Morgan fingerprint density at radius 2 is 2.35 bits per heavy atom. The van der Waals surface area contributed by atoms with Crippen LogP contribution in [-0.2, 0) is 0 Å². The molecule has 0 spiro atoms. The molecule has 1 aliphatic heterocycles.